The van der Waals surface area contributed by atoms with Crippen molar-refractivity contribution in [3.8, 4) is 5.75 Å². The molecule has 1 amide bonds. The second kappa shape index (κ2) is 8.12. The largest absolute Gasteiger partial charge is 0.494 e. The maximum absolute atomic E-state index is 12.8. The third-order valence-corrected chi connectivity index (χ3v) is 7.02. The van der Waals surface area contributed by atoms with Crippen LogP contribution in [0.15, 0.2) is 64.9 Å². The van der Waals surface area contributed by atoms with Crippen LogP contribution < -0.4 is 10.1 Å². The molecule has 2 aromatic heterocycles. The summed E-state index contributed by atoms with van der Waals surface area (Å²) in [6.07, 6.45) is 0. The number of thioether (sulfide) groups is 1. The zero-order valence-electron chi connectivity index (χ0n) is 14.5. The molecule has 136 valence electrons. The molecule has 27 heavy (non-hydrogen) atoms. The van der Waals surface area contributed by atoms with Crippen LogP contribution in [-0.2, 0) is 5.75 Å². The number of anilines is 1. The van der Waals surface area contributed by atoms with Gasteiger partial charge >= 0.3 is 0 Å². The summed E-state index contributed by atoms with van der Waals surface area (Å²) in [7, 11) is 1.62. The first-order valence-electron chi connectivity index (χ1n) is 8.23. The molecule has 0 unspecified atom stereocenters. The predicted molar refractivity (Wildman–Crippen MR) is 114 cm³/mol. The third-order valence-electron chi connectivity index (χ3n) is 3.90. The number of aromatic nitrogens is 1. The number of hydrogen-bond acceptors (Lipinski definition) is 6. The van der Waals surface area contributed by atoms with Crippen LogP contribution in [0.1, 0.15) is 15.2 Å². The van der Waals surface area contributed by atoms with Crippen molar-refractivity contribution in [2.24, 2.45) is 0 Å². The average molecular weight is 413 g/mol. The van der Waals surface area contributed by atoms with Gasteiger partial charge in [0, 0.05) is 15.5 Å². The molecule has 2 aromatic carbocycles. The highest BCUT2D eigenvalue weighted by atomic mass is 32.2. The van der Waals surface area contributed by atoms with Crippen LogP contribution in [0.2, 0.25) is 0 Å². The van der Waals surface area contributed by atoms with Crippen molar-refractivity contribution in [3.63, 3.8) is 0 Å². The molecule has 0 fully saturated rings. The molecule has 7 heteroatoms. The Balaban J connectivity index is 1.55. The van der Waals surface area contributed by atoms with Crippen molar-refractivity contribution in [2.75, 3.05) is 12.4 Å². The Bertz CT molecular complexity index is 1070. The topological polar surface area (TPSA) is 51.2 Å². The van der Waals surface area contributed by atoms with Crippen LogP contribution in [0.3, 0.4) is 0 Å². The molecule has 0 aliphatic rings. The summed E-state index contributed by atoms with van der Waals surface area (Å²) in [4.78, 5) is 19.6. The molecule has 0 radical (unpaired) electrons. The summed E-state index contributed by atoms with van der Waals surface area (Å²) >= 11 is 4.83. The number of amides is 1. The summed E-state index contributed by atoms with van der Waals surface area (Å²) in [5.74, 6) is 1.40. The van der Waals surface area contributed by atoms with Crippen molar-refractivity contribution in [3.05, 3.63) is 70.4 Å². The molecule has 0 aliphatic carbocycles. The van der Waals surface area contributed by atoms with Gasteiger partial charge < -0.3 is 4.74 Å². The highest BCUT2D eigenvalue weighted by Crippen LogP contribution is 2.33. The molecule has 0 atom stereocenters. The third kappa shape index (κ3) is 4.00. The number of nitrogens with zero attached hydrogens (tertiary/aromatic N) is 1. The first-order valence-corrected chi connectivity index (χ1v) is 10.9. The number of thiazole rings is 1. The minimum absolute atomic E-state index is 0.151. The molecule has 1 N–H and O–H groups in total. The quantitative estimate of drug-likeness (QED) is 0.400. The first-order chi connectivity index (χ1) is 13.2. The smallest absolute Gasteiger partial charge is 0.258 e. The molecule has 0 saturated heterocycles. The van der Waals surface area contributed by atoms with E-state index in [1.54, 1.807) is 30.2 Å². The molecular weight excluding hydrogens is 396 g/mol. The number of nitrogens with one attached hydrogen (secondary N) is 1. The average Bonchev–Trinajstić information content (AvgIpc) is 3.35. The van der Waals surface area contributed by atoms with Gasteiger partial charge in [-0.3, -0.25) is 10.1 Å². The normalized spacial score (nSPS) is 10.9. The van der Waals surface area contributed by atoms with Gasteiger partial charge in [0.05, 0.1) is 17.4 Å². The molecule has 4 aromatic rings. The van der Waals surface area contributed by atoms with Gasteiger partial charge in [-0.1, -0.05) is 35.6 Å². The van der Waals surface area contributed by atoms with Crippen molar-refractivity contribution in [1.29, 1.82) is 0 Å². The van der Waals surface area contributed by atoms with Gasteiger partial charge in [0.2, 0.25) is 0 Å². The zero-order chi connectivity index (χ0) is 18.6. The fourth-order valence-electron chi connectivity index (χ4n) is 2.63. The van der Waals surface area contributed by atoms with Crippen LogP contribution in [0.4, 0.5) is 5.13 Å². The lowest BCUT2D eigenvalue weighted by Gasteiger charge is -2.08. The maximum atomic E-state index is 12.8. The lowest BCUT2D eigenvalue weighted by atomic mass is 10.2. The minimum Gasteiger partial charge on any atom is -0.494 e. The van der Waals surface area contributed by atoms with Crippen LogP contribution in [-0.4, -0.2) is 18.0 Å². The van der Waals surface area contributed by atoms with E-state index in [9.17, 15) is 4.79 Å². The summed E-state index contributed by atoms with van der Waals surface area (Å²) < 4.78 is 6.32. The van der Waals surface area contributed by atoms with Gasteiger partial charge in [-0.2, -0.15) is 0 Å². The second-order valence-corrected chi connectivity index (χ2v) is 8.72. The Morgan fingerprint density at radius 1 is 1.15 bits per heavy atom. The van der Waals surface area contributed by atoms with E-state index in [-0.39, 0.29) is 5.91 Å². The fourth-order valence-corrected chi connectivity index (χ4v) is 5.33. The van der Waals surface area contributed by atoms with Crippen molar-refractivity contribution < 1.29 is 9.53 Å². The van der Waals surface area contributed by atoms with E-state index in [2.05, 4.69) is 21.7 Å². The van der Waals surface area contributed by atoms with Gasteiger partial charge in [0.25, 0.3) is 5.91 Å². The Kier molecular flexibility index (Phi) is 5.42. The van der Waals surface area contributed by atoms with Crippen LogP contribution >= 0.6 is 34.4 Å². The van der Waals surface area contributed by atoms with Crippen LogP contribution in [0.5, 0.6) is 5.75 Å². The Labute approximate surface area is 169 Å². The minimum atomic E-state index is -0.151. The molecule has 2 heterocycles. The molecule has 0 spiro atoms. The van der Waals surface area contributed by atoms with Crippen LogP contribution in [0.25, 0.3) is 10.2 Å². The highest BCUT2D eigenvalue weighted by Gasteiger charge is 2.15. The number of methoxy groups -OCH3 is 1. The van der Waals surface area contributed by atoms with E-state index in [1.807, 2.05) is 48.5 Å². The number of para-hydroxylation sites is 1. The van der Waals surface area contributed by atoms with Crippen molar-refractivity contribution in [1.82, 2.24) is 4.98 Å². The van der Waals surface area contributed by atoms with Gasteiger partial charge in [0.1, 0.15) is 11.3 Å². The molecule has 4 rings (SSSR count). The number of rotatable bonds is 6. The van der Waals surface area contributed by atoms with Gasteiger partial charge in [-0.15, -0.1) is 23.1 Å². The number of carbonyl (C=O) groups is 1. The van der Waals surface area contributed by atoms with Gasteiger partial charge in [-0.25, -0.2) is 4.98 Å². The first kappa shape index (κ1) is 18.0. The Hall–Kier alpha value is -2.35. The highest BCUT2D eigenvalue weighted by molar-refractivity contribution is 7.98. The van der Waals surface area contributed by atoms with Gasteiger partial charge in [-0.05, 0) is 35.7 Å². The summed E-state index contributed by atoms with van der Waals surface area (Å²) in [5, 5.41) is 5.57. The van der Waals surface area contributed by atoms with E-state index in [1.165, 1.54) is 16.2 Å². The molecular formula is C20H16N2O2S3. The summed E-state index contributed by atoms with van der Waals surface area (Å²) in [6.45, 7) is 0. The number of carbonyl (C=O) groups excluding carboxylic acids is 1. The molecule has 0 saturated carbocycles. The molecule has 4 nitrogen and oxygen atoms in total. The monoisotopic (exact) mass is 412 g/mol. The van der Waals surface area contributed by atoms with Crippen LogP contribution in [0, 0.1) is 0 Å². The number of thiophene rings is 1. The van der Waals surface area contributed by atoms with E-state index in [4.69, 9.17) is 4.74 Å². The number of hydrogen-bond donors (Lipinski definition) is 1. The zero-order valence-corrected chi connectivity index (χ0v) is 16.9. The fraction of sp³-hybridized carbons (Fsp3) is 0.100. The van der Waals surface area contributed by atoms with E-state index < -0.39 is 0 Å². The predicted octanol–water partition coefficient (Wildman–Crippen LogP) is 5.91. The Morgan fingerprint density at radius 2 is 2.04 bits per heavy atom. The standard InChI is InChI=1S/C20H16N2O2S3/c1-24-15-8-4-10-17-18(15)21-20(27-17)22-19(23)14-7-2-3-9-16(14)26-12-13-6-5-11-25-13/h2-11H,12H2,1H3,(H,21,22,23). The van der Waals surface area contributed by atoms with Crippen molar-refractivity contribution >= 4 is 55.7 Å². The molecule has 0 aliphatic heterocycles. The number of ether oxygens (including phenoxy) is 1. The number of benzene rings is 2. The van der Waals surface area contributed by atoms with E-state index in [0.717, 1.165) is 20.9 Å². The lowest BCUT2D eigenvalue weighted by Crippen LogP contribution is -2.12. The lowest BCUT2D eigenvalue weighted by molar-refractivity contribution is 0.102. The van der Waals surface area contributed by atoms with E-state index >= 15 is 0 Å². The Morgan fingerprint density at radius 3 is 2.85 bits per heavy atom. The summed E-state index contributed by atoms with van der Waals surface area (Å²) in [5.41, 5.74) is 1.42. The number of fused-ring (bicyclic) bond motifs is 1. The molecule has 0 bridgehead atoms. The van der Waals surface area contributed by atoms with Crippen molar-refractivity contribution in [2.45, 2.75) is 10.6 Å². The summed E-state index contributed by atoms with van der Waals surface area (Å²) in [6, 6.07) is 17.6. The second-order valence-electron chi connectivity index (χ2n) is 5.64. The van der Waals surface area contributed by atoms with E-state index in [0.29, 0.717) is 16.4 Å². The maximum Gasteiger partial charge on any atom is 0.258 e. The van der Waals surface area contributed by atoms with Gasteiger partial charge in [0.15, 0.2) is 5.13 Å². The SMILES string of the molecule is COc1cccc2sc(NC(=O)c3ccccc3SCc3cccs3)nc12.